The molecular weight excluding hydrogens is 286 g/mol. The Balaban J connectivity index is 1.93. The third-order valence-electron chi connectivity index (χ3n) is 4.11. The molecule has 1 saturated carbocycles. The van der Waals surface area contributed by atoms with Crippen molar-refractivity contribution in [3.05, 3.63) is 53.2 Å². The highest BCUT2D eigenvalue weighted by Crippen LogP contribution is 2.40. The summed E-state index contributed by atoms with van der Waals surface area (Å²) in [5.41, 5.74) is 3.96. The third-order valence-corrected chi connectivity index (χ3v) is 4.11. The molecule has 2 aromatic rings. The maximum Gasteiger partial charge on any atom is 0.151 e. The molecule has 2 N–H and O–H groups in total. The van der Waals surface area contributed by atoms with E-state index >= 15 is 0 Å². The average Bonchev–Trinajstić information content (AvgIpc) is 3.39. The van der Waals surface area contributed by atoms with Gasteiger partial charge in [0.2, 0.25) is 0 Å². The molecule has 0 amide bonds. The zero-order chi connectivity index (χ0) is 16.4. The van der Waals surface area contributed by atoms with E-state index in [0.29, 0.717) is 28.6 Å². The molecule has 4 heteroatoms. The van der Waals surface area contributed by atoms with E-state index in [0.717, 1.165) is 12.0 Å². The summed E-state index contributed by atoms with van der Waals surface area (Å²) >= 11 is 0. The van der Waals surface area contributed by atoms with E-state index in [2.05, 4.69) is 22.4 Å². The number of carbonyl (C=O) groups excluding carboxylic acids is 1. The van der Waals surface area contributed by atoms with Crippen LogP contribution in [0.3, 0.4) is 0 Å². The Labute approximate surface area is 136 Å². The van der Waals surface area contributed by atoms with E-state index in [1.807, 2.05) is 26.0 Å². The predicted molar refractivity (Wildman–Crippen MR) is 93.0 cm³/mol. The first-order chi connectivity index (χ1) is 11.1. The van der Waals surface area contributed by atoms with Crippen molar-refractivity contribution in [1.29, 1.82) is 5.41 Å². The SMILES string of the molecule is CC(C)C(=N)c1cc(C=O)cnc1Nc1cccc(C2CC2)c1. The van der Waals surface area contributed by atoms with Crippen LogP contribution >= 0.6 is 0 Å². The van der Waals surface area contributed by atoms with Gasteiger partial charge >= 0.3 is 0 Å². The number of hydrogen-bond acceptors (Lipinski definition) is 4. The Kier molecular flexibility index (Phi) is 4.24. The van der Waals surface area contributed by atoms with Crippen LogP contribution in [0.2, 0.25) is 0 Å². The monoisotopic (exact) mass is 307 g/mol. The summed E-state index contributed by atoms with van der Waals surface area (Å²) < 4.78 is 0. The highest BCUT2D eigenvalue weighted by molar-refractivity contribution is 6.04. The second-order valence-electron chi connectivity index (χ2n) is 6.38. The van der Waals surface area contributed by atoms with Crippen LogP contribution in [-0.4, -0.2) is 17.0 Å². The minimum Gasteiger partial charge on any atom is -0.340 e. The van der Waals surface area contributed by atoms with Gasteiger partial charge in [-0.3, -0.25) is 4.79 Å². The first kappa shape index (κ1) is 15.4. The Morgan fingerprint density at radius 1 is 1.35 bits per heavy atom. The number of aromatic nitrogens is 1. The smallest absolute Gasteiger partial charge is 0.151 e. The van der Waals surface area contributed by atoms with Crippen LogP contribution in [0.25, 0.3) is 0 Å². The number of rotatable bonds is 6. The summed E-state index contributed by atoms with van der Waals surface area (Å²) in [7, 11) is 0. The predicted octanol–water partition coefficient (Wildman–Crippen LogP) is 4.54. The largest absolute Gasteiger partial charge is 0.340 e. The lowest BCUT2D eigenvalue weighted by molar-refractivity contribution is 0.112. The van der Waals surface area contributed by atoms with Crippen LogP contribution in [-0.2, 0) is 0 Å². The fourth-order valence-electron chi connectivity index (χ4n) is 2.59. The van der Waals surface area contributed by atoms with Crippen molar-refractivity contribution in [2.24, 2.45) is 5.92 Å². The van der Waals surface area contributed by atoms with E-state index in [9.17, 15) is 4.79 Å². The molecule has 23 heavy (non-hydrogen) atoms. The van der Waals surface area contributed by atoms with Crippen LogP contribution in [0.5, 0.6) is 0 Å². The van der Waals surface area contributed by atoms with Gasteiger partial charge in [-0.1, -0.05) is 26.0 Å². The van der Waals surface area contributed by atoms with Crippen molar-refractivity contribution < 1.29 is 4.79 Å². The molecule has 0 bridgehead atoms. The van der Waals surface area contributed by atoms with Gasteiger partial charge in [-0.25, -0.2) is 4.98 Å². The number of carbonyl (C=O) groups is 1. The van der Waals surface area contributed by atoms with E-state index in [-0.39, 0.29) is 5.92 Å². The molecule has 1 aliphatic carbocycles. The number of benzene rings is 1. The van der Waals surface area contributed by atoms with Crippen LogP contribution in [0, 0.1) is 11.3 Å². The van der Waals surface area contributed by atoms with Gasteiger partial charge < -0.3 is 10.7 Å². The minimum absolute atomic E-state index is 0.0667. The zero-order valence-electron chi connectivity index (χ0n) is 13.5. The molecule has 1 aliphatic rings. The Hall–Kier alpha value is -2.49. The molecule has 0 spiro atoms. The Bertz CT molecular complexity index is 748. The van der Waals surface area contributed by atoms with Crippen molar-refractivity contribution in [2.45, 2.75) is 32.6 Å². The van der Waals surface area contributed by atoms with Crippen LogP contribution in [0.15, 0.2) is 36.5 Å². The molecular formula is C19H21N3O. The highest BCUT2D eigenvalue weighted by atomic mass is 16.1. The van der Waals surface area contributed by atoms with Gasteiger partial charge in [-0.2, -0.15) is 0 Å². The molecule has 1 aromatic carbocycles. The number of nitrogens with zero attached hydrogens (tertiary/aromatic N) is 1. The van der Waals surface area contributed by atoms with E-state index in [4.69, 9.17) is 5.41 Å². The van der Waals surface area contributed by atoms with Crippen LogP contribution in [0.1, 0.15) is 54.1 Å². The summed E-state index contributed by atoms with van der Waals surface area (Å²) in [5.74, 6) is 1.38. The number of aldehydes is 1. The first-order valence-corrected chi connectivity index (χ1v) is 7.99. The van der Waals surface area contributed by atoms with Crippen molar-refractivity contribution in [1.82, 2.24) is 4.98 Å². The summed E-state index contributed by atoms with van der Waals surface area (Å²) in [4.78, 5) is 15.4. The van der Waals surface area contributed by atoms with Gasteiger partial charge in [0.05, 0.1) is 0 Å². The fourth-order valence-corrected chi connectivity index (χ4v) is 2.59. The van der Waals surface area contributed by atoms with Crippen molar-refractivity contribution in [3.63, 3.8) is 0 Å². The van der Waals surface area contributed by atoms with E-state index in [1.54, 1.807) is 6.07 Å². The number of nitrogens with one attached hydrogen (secondary N) is 2. The van der Waals surface area contributed by atoms with Gasteiger partial charge in [0, 0.05) is 28.7 Å². The number of anilines is 2. The molecule has 118 valence electrons. The Morgan fingerprint density at radius 2 is 2.13 bits per heavy atom. The summed E-state index contributed by atoms with van der Waals surface area (Å²) in [6.45, 7) is 3.93. The lowest BCUT2D eigenvalue weighted by atomic mass is 9.99. The zero-order valence-corrected chi connectivity index (χ0v) is 13.5. The quantitative estimate of drug-likeness (QED) is 0.608. The second kappa shape index (κ2) is 6.32. The lowest BCUT2D eigenvalue weighted by Crippen LogP contribution is -2.12. The average molecular weight is 307 g/mol. The molecule has 3 rings (SSSR count). The Morgan fingerprint density at radius 3 is 2.78 bits per heavy atom. The summed E-state index contributed by atoms with van der Waals surface area (Å²) in [6.07, 6.45) is 4.83. The molecule has 1 heterocycles. The lowest BCUT2D eigenvalue weighted by Gasteiger charge is -2.15. The van der Waals surface area contributed by atoms with Gasteiger partial charge in [0.1, 0.15) is 5.82 Å². The van der Waals surface area contributed by atoms with Gasteiger partial charge in [-0.15, -0.1) is 0 Å². The summed E-state index contributed by atoms with van der Waals surface area (Å²) in [6, 6.07) is 10.1. The summed E-state index contributed by atoms with van der Waals surface area (Å²) in [5, 5.41) is 11.6. The standard InChI is InChI=1S/C19H21N3O/c1-12(2)18(20)17-8-13(11-23)10-21-19(17)22-16-5-3-4-15(9-16)14-6-7-14/h3-5,8-12,14,20H,6-7H2,1-2H3,(H,21,22). The van der Waals surface area contributed by atoms with Gasteiger partial charge in [-0.05, 0) is 48.4 Å². The topological polar surface area (TPSA) is 65.8 Å². The highest BCUT2D eigenvalue weighted by Gasteiger charge is 2.23. The molecule has 0 unspecified atom stereocenters. The molecule has 0 atom stereocenters. The molecule has 0 aliphatic heterocycles. The third kappa shape index (κ3) is 3.47. The van der Waals surface area contributed by atoms with Crippen LogP contribution in [0.4, 0.5) is 11.5 Å². The first-order valence-electron chi connectivity index (χ1n) is 7.99. The minimum atomic E-state index is 0.0667. The van der Waals surface area contributed by atoms with E-state index in [1.165, 1.54) is 24.6 Å². The fraction of sp³-hybridized carbons (Fsp3) is 0.316. The van der Waals surface area contributed by atoms with Gasteiger partial charge in [0.25, 0.3) is 0 Å². The molecule has 1 aromatic heterocycles. The van der Waals surface area contributed by atoms with Crippen molar-refractivity contribution >= 4 is 23.5 Å². The van der Waals surface area contributed by atoms with Crippen LogP contribution < -0.4 is 5.32 Å². The maximum atomic E-state index is 11.0. The normalized spacial score (nSPS) is 13.9. The van der Waals surface area contributed by atoms with Crippen molar-refractivity contribution in [2.75, 3.05) is 5.32 Å². The van der Waals surface area contributed by atoms with E-state index < -0.39 is 0 Å². The molecule has 4 nitrogen and oxygen atoms in total. The number of pyridine rings is 1. The van der Waals surface area contributed by atoms with Crippen molar-refractivity contribution in [3.8, 4) is 0 Å². The van der Waals surface area contributed by atoms with Gasteiger partial charge in [0.15, 0.2) is 6.29 Å². The number of hydrogen-bond donors (Lipinski definition) is 2. The molecule has 1 fully saturated rings. The maximum absolute atomic E-state index is 11.0. The molecule has 0 radical (unpaired) electrons. The second-order valence-corrected chi connectivity index (χ2v) is 6.38. The molecule has 0 saturated heterocycles.